The summed E-state index contributed by atoms with van der Waals surface area (Å²) in [6.45, 7) is 28.9. The average Bonchev–Trinajstić information content (AvgIpc) is 2.75. The van der Waals surface area contributed by atoms with Gasteiger partial charge in [-0.05, 0) is 82.4 Å². The Morgan fingerprint density at radius 3 is 0.740 bits per heavy atom. The van der Waals surface area contributed by atoms with Crippen LogP contribution in [0.5, 0.6) is 0 Å². The highest BCUT2D eigenvalue weighted by Gasteiger charge is 1.92. The molecule has 0 aromatic heterocycles. The number of aliphatic hydroxyl groups is 1. The third-order valence-electron chi connectivity index (χ3n) is 2.75. The number of rotatable bonds is 9. The van der Waals surface area contributed by atoms with E-state index in [0.717, 1.165) is 52.4 Å². The van der Waals surface area contributed by atoms with Gasteiger partial charge in [-0.1, -0.05) is 194 Å². The van der Waals surface area contributed by atoms with Crippen LogP contribution >= 0.6 is 0 Å². The Labute approximate surface area is 336 Å². The van der Waals surface area contributed by atoms with Gasteiger partial charge in [0.2, 0.25) is 0 Å². The Hall–Kier alpha value is -0.700. The van der Waals surface area contributed by atoms with E-state index < -0.39 is 0 Å². The van der Waals surface area contributed by atoms with Crippen molar-refractivity contribution in [1.82, 2.24) is 24.9 Å². The van der Waals surface area contributed by atoms with Crippen LogP contribution in [0.25, 0.3) is 0 Å². The van der Waals surface area contributed by atoms with Gasteiger partial charge in [0.15, 0.2) is 0 Å². The molecule has 0 fully saturated rings. The lowest BCUT2D eigenvalue weighted by molar-refractivity contribution is 0.0650. The maximum Gasteiger partial charge on any atom is 0.0985 e. The Balaban J connectivity index is -0.00000000786. The van der Waals surface area contributed by atoms with Crippen LogP contribution in [-0.2, 0) is 4.74 Å². The van der Waals surface area contributed by atoms with E-state index in [4.69, 9.17) is 9.84 Å². The molecule has 0 saturated carbocycles. The van der Waals surface area contributed by atoms with E-state index in [1.54, 1.807) is 0 Å². The molecule has 0 saturated heterocycles. The minimum Gasteiger partial charge on any atom is -0.516 e. The standard InChI is InChI=1S/C6H16N2.C5H13NO.2C4H11N.2C3H8.C2H4O.16CH4/c1-5-8(4)6-7(2)3;1-4-7-5-6(2)3;1-4-5(2)3;1-3-5-4-2;2*1-3-2;1-2-3;;;;;;;;;;;;;;;;/h5-6H2,1-4H3;4-5H2,1-3H3;4H2,1-3H3;5H,3-4H2,1-2H3;2*3H2,1-2H3;2-3H,1H2;16*1H4. The lowest BCUT2D eigenvalue weighted by atomic mass is 10.6. The molecular weight excluding hydrogens is 619 g/mol. The van der Waals surface area contributed by atoms with Crippen molar-refractivity contribution in [1.29, 1.82) is 0 Å². The summed E-state index contributed by atoms with van der Waals surface area (Å²) in [5, 5.41) is 10.4. The lowest BCUT2D eigenvalue weighted by Crippen LogP contribution is -2.29. The quantitative estimate of drug-likeness (QED) is 0.180. The van der Waals surface area contributed by atoms with Crippen molar-refractivity contribution in [3.8, 4) is 0 Å². The van der Waals surface area contributed by atoms with Crippen LogP contribution in [0.3, 0.4) is 0 Å². The van der Waals surface area contributed by atoms with Gasteiger partial charge in [-0.2, -0.15) is 0 Å². The molecule has 344 valence electrons. The van der Waals surface area contributed by atoms with Crippen molar-refractivity contribution in [3.05, 3.63) is 12.8 Å². The molecule has 0 aliphatic heterocycles. The number of aliphatic hydroxyl groups excluding tert-OH is 1. The SMILES string of the molecule is C.C.C.C.C.C.C.C.C.C.C.C.C.C.C.C.C=CO.CCC.CCC.CCN(C)C.CCN(C)CN(C)C.CCNCC.CCOCN(C)C. The zero-order valence-electron chi connectivity index (χ0n) is 26.8. The molecule has 0 bridgehead atoms. The Morgan fingerprint density at radius 2 is 0.700 bits per heavy atom. The zero-order valence-corrected chi connectivity index (χ0v) is 26.8. The van der Waals surface area contributed by atoms with E-state index in [1.165, 1.54) is 12.8 Å². The van der Waals surface area contributed by atoms with Crippen LogP contribution < -0.4 is 5.32 Å². The van der Waals surface area contributed by atoms with E-state index in [-0.39, 0.29) is 119 Å². The summed E-state index contributed by atoms with van der Waals surface area (Å²) in [6.07, 6.45) is 3.25. The van der Waals surface area contributed by atoms with Gasteiger partial charge in [0.05, 0.1) is 13.0 Å². The summed E-state index contributed by atoms with van der Waals surface area (Å²) in [4.78, 5) is 8.52. The molecule has 0 rings (SSSR count). The van der Waals surface area contributed by atoms with Crippen molar-refractivity contribution in [2.45, 2.75) is 194 Å². The molecule has 0 unspecified atom stereocenters. The third kappa shape index (κ3) is 573. The summed E-state index contributed by atoms with van der Waals surface area (Å²) in [5.74, 6) is 0. The number of hydrogen-bond acceptors (Lipinski definition) is 7. The third-order valence-corrected chi connectivity index (χ3v) is 2.75. The molecule has 0 atom stereocenters. The molecule has 2 N–H and O–H groups in total. The lowest BCUT2D eigenvalue weighted by Gasteiger charge is -2.18. The van der Waals surface area contributed by atoms with E-state index in [9.17, 15) is 0 Å². The molecule has 7 heteroatoms. The number of ether oxygens (including phenoxy) is 1. The van der Waals surface area contributed by atoms with Crippen LogP contribution in [0.4, 0.5) is 0 Å². The van der Waals surface area contributed by atoms with E-state index in [1.807, 2.05) is 25.9 Å². The fourth-order valence-corrected chi connectivity index (χ4v) is 1.11. The summed E-state index contributed by atoms with van der Waals surface area (Å²) >= 11 is 0. The van der Waals surface area contributed by atoms with Gasteiger partial charge >= 0.3 is 0 Å². The highest BCUT2D eigenvalue weighted by atomic mass is 16.5. The molecule has 7 nitrogen and oxygen atoms in total. The Kier molecular flexibility index (Phi) is 662. The summed E-state index contributed by atoms with van der Waals surface area (Å²) in [5.41, 5.74) is 0. The number of hydrogen-bond donors (Lipinski definition) is 2. The molecule has 0 aliphatic rings. The van der Waals surface area contributed by atoms with E-state index >= 15 is 0 Å². The fraction of sp³-hybridized carbons (Fsp3) is 0.953. The largest absolute Gasteiger partial charge is 0.516 e. The zero-order chi connectivity index (χ0) is 28.8. The Bertz CT molecular complexity index is 268. The van der Waals surface area contributed by atoms with Gasteiger partial charge in [-0.25, -0.2) is 0 Å². The normalized spacial score (nSPS) is 6.00. The molecule has 50 heavy (non-hydrogen) atoms. The first-order chi connectivity index (χ1) is 15.9. The molecule has 0 amide bonds. The van der Waals surface area contributed by atoms with Gasteiger partial charge in [0.1, 0.15) is 0 Å². The van der Waals surface area contributed by atoms with Gasteiger partial charge in [0, 0.05) is 13.3 Å². The van der Waals surface area contributed by atoms with Crippen LogP contribution in [-0.4, -0.2) is 120 Å². The molecule has 0 radical (unpaired) electrons. The second-order valence-corrected chi connectivity index (χ2v) is 8.04. The fourth-order valence-electron chi connectivity index (χ4n) is 1.11. The maximum atomic E-state index is 7.33. The van der Waals surface area contributed by atoms with Crippen molar-refractivity contribution < 1.29 is 9.84 Å². The monoisotopic (exact) mass is 754 g/mol. The molecular formula is C43H135N5O2. The first-order valence-corrected chi connectivity index (χ1v) is 13.0. The topological polar surface area (TPSA) is 54.5 Å². The van der Waals surface area contributed by atoms with Crippen LogP contribution in [0, 0.1) is 0 Å². The van der Waals surface area contributed by atoms with Gasteiger partial charge in [0.25, 0.3) is 0 Å². The first-order valence-electron chi connectivity index (χ1n) is 13.0. The van der Waals surface area contributed by atoms with Gasteiger partial charge < -0.3 is 20.1 Å². The first kappa shape index (κ1) is 166. The van der Waals surface area contributed by atoms with Crippen molar-refractivity contribution >= 4 is 0 Å². The van der Waals surface area contributed by atoms with Gasteiger partial charge in [-0.3, -0.25) is 14.7 Å². The molecule has 0 heterocycles. The average molecular weight is 755 g/mol. The predicted molar refractivity (Wildman–Crippen MR) is 268 cm³/mol. The minimum atomic E-state index is 0. The van der Waals surface area contributed by atoms with Crippen LogP contribution in [0.1, 0.15) is 194 Å². The van der Waals surface area contributed by atoms with E-state index in [2.05, 4.69) is 117 Å². The summed E-state index contributed by atoms with van der Waals surface area (Å²) in [7, 11) is 14.3. The highest BCUT2D eigenvalue weighted by Crippen LogP contribution is 1.80. The summed E-state index contributed by atoms with van der Waals surface area (Å²) in [6, 6.07) is 0. The maximum absolute atomic E-state index is 7.33. The molecule has 0 aromatic rings. The van der Waals surface area contributed by atoms with Crippen molar-refractivity contribution in [2.75, 3.05) is 95.5 Å². The van der Waals surface area contributed by atoms with Crippen LogP contribution in [0.2, 0.25) is 0 Å². The Morgan fingerprint density at radius 1 is 0.480 bits per heavy atom. The van der Waals surface area contributed by atoms with Crippen LogP contribution in [0.15, 0.2) is 12.8 Å². The highest BCUT2D eigenvalue weighted by molar-refractivity contribution is 4.42. The predicted octanol–water partition coefficient (Wildman–Crippen LogP) is 15.9. The number of nitrogens with one attached hydrogen (secondary N) is 1. The second-order valence-electron chi connectivity index (χ2n) is 8.04. The number of nitrogens with zero attached hydrogens (tertiary/aromatic N) is 4. The second kappa shape index (κ2) is 199. The summed E-state index contributed by atoms with van der Waals surface area (Å²) < 4.78 is 5.02. The molecule has 0 spiro atoms. The van der Waals surface area contributed by atoms with Crippen molar-refractivity contribution in [3.63, 3.8) is 0 Å². The van der Waals surface area contributed by atoms with Gasteiger partial charge in [-0.15, -0.1) is 0 Å². The van der Waals surface area contributed by atoms with E-state index in [0.29, 0.717) is 0 Å². The minimum absolute atomic E-state index is 0. The molecule has 0 aliphatic carbocycles. The molecule has 0 aromatic carbocycles. The van der Waals surface area contributed by atoms with Crippen molar-refractivity contribution in [2.24, 2.45) is 0 Å². The smallest absolute Gasteiger partial charge is 0.0985 e.